The van der Waals surface area contributed by atoms with E-state index in [4.69, 9.17) is 0 Å². The molecule has 2 bridgehead atoms. The van der Waals surface area contributed by atoms with Gasteiger partial charge in [-0.05, 0) is 47.9 Å². The number of halogens is 1. The van der Waals surface area contributed by atoms with Crippen molar-refractivity contribution in [2.45, 2.75) is 51.4 Å². The third-order valence-electron chi connectivity index (χ3n) is 4.12. The molecule has 1 saturated carbocycles. The van der Waals surface area contributed by atoms with Crippen LogP contribution < -0.4 is 0 Å². The Bertz CT molecular complexity index is 209. The molecule has 86 valence electrons. The first kappa shape index (κ1) is 11.9. The minimum absolute atomic E-state index is 0.971. The molecule has 15 heavy (non-hydrogen) atoms. The van der Waals surface area contributed by atoms with Crippen LogP contribution in [0.2, 0.25) is 0 Å². The van der Waals surface area contributed by atoms with Gasteiger partial charge in [-0.25, -0.2) is 0 Å². The van der Waals surface area contributed by atoms with Crippen LogP contribution in [-0.2, 0) is 0 Å². The van der Waals surface area contributed by atoms with Crippen LogP contribution >= 0.6 is 22.6 Å². The van der Waals surface area contributed by atoms with E-state index in [1.54, 1.807) is 0 Å². The lowest BCUT2D eigenvalue weighted by molar-refractivity contribution is 0.394. The van der Waals surface area contributed by atoms with Gasteiger partial charge in [0.15, 0.2) is 0 Å². The summed E-state index contributed by atoms with van der Waals surface area (Å²) in [7, 11) is 0. The van der Waals surface area contributed by atoms with Crippen LogP contribution in [0, 0.1) is 17.8 Å². The van der Waals surface area contributed by atoms with Crippen LogP contribution in [0.3, 0.4) is 0 Å². The summed E-state index contributed by atoms with van der Waals surface area (Å²) in [6.07, 6.45) is 16.8. The van der Waals surface area contributed by atoms with E-state index in [1.165, 1.54) is 55.8 Å². The first-order chi connectivity index (χ1) is 7.40. The highest BCUT2D eigenvalue weighted by atomic mass is 127. The average molecular weight is 318 g/mol. The molecule has 0 aromatic rings. The van der Waals surface area contributed by atoms with Crippen LogP contribution in [0.25, 0.3) is 0 Å². The summed E-state index contributed by atoms with van der Waals surface area (Å²) >= 11 is 2.48. The standard InChI is InChI=1S/C14H23I/c15-9-5-3-1-2-4-6-13-10-12-7-8-14(13)11-12/h7-8,12-14H,1-6,9-11H2. The minimum atomic E-state index is 0.971. The Morgan fingerprint density at radius 3 is 2.40 bits per heavy atom. The lowest BCUT2D eigenvalue weighted by atomic mass is 9.88. The van der Waals surface area contributed by atoms with Crippen molar-refractivity contribution in [3.05, 3.63) is 12.2 Å². The number of hydrogen-bond acceptors (Lipinski definition) is 0. The molecule has 0 aliphatic heterocycles. The monoisotopic (exact) mass is 318 g/mol. The quantitative estimate of drug-likeness (QED) is 0.269. The van der Waals surface area contributed by atoms with Crippen molar-refractivity contribution in [1.82, 2.24) is 0 Å². The van der Waals surface area contributed by atoms with E-state index in [-0.39, 0.29) is 0 Å². The molecule has 0 amide bonds. The Hall–Kier alpha value is 0.470. The highest BCUT2D eigenvalue weighted by molar-refractivity contribution is 14.1. The Morgan fingerprint density at radius 2 is 1.73 bits per heavy atom. The molecule has 1 heteroatoms. The Balaban J connectivity index is 1.50. The average Bonchev–Trinajstić information content (AvgIpc) is 2.85. The summed E-state index contributed by atoms with van der Waals surface area (Å²) in [5.41, 5.74) is 0. The van der Waals surface area contributed by atoms with Crippen molar-refractivity contribution in [2.24, 2.45) is 17.8 Å². The van der Waals surface area contributed by atoms with Gasteiger partial charge in [0.05, 0.1) is 0 Å². The smallest absolute Gasteiger partial charge is 0.000473 e. The second-order valence-electron chi connectivity index (χ2n) is 5.29. The zero-order valence-corrected chi connectivity index (χ0v) is 11.8. The number of alkyl halides is 1. The molecule has 3 unspecified atom stereocenters. The zero-order valence-electron chi connectivity index (χ0n) is 9.63. The Kier molecular flexibility index (Phi) is 4.99. The van der Waals surface area contributed by atoms with Gasteiger partial charge in [0, 0.05) is 0 Å². The molecule has 2 aliphatic rings. The number of unbranched alkanes of at least 4 members (excludes halogenated alkanes) is 4. The molecular formula is C14H23I. The molecule has 0 nitrogen and oxygen atoms in total. The van der Waals surface area contributed by atoms with Gasteiger partial charge in [0.2, 0.25) is 0 Å². The van der Waals surface area contributed by atoms with Crippen LogP contribution in [0.1, 0.15) is 51.4 Å². The molecule has 2 aliphatic carbocycles. The molecule has 0 spiro atoms. The summed E-state index contributed by atoms with van der Waals surface area (Å²) in [5, 5.41) is 0. The summed E-state index contributed by atoms with van der Waals surface area (Å²) < 4.78 is 1.34. The van der Waals surface area contributed by atoms with E-state index in [0.717, 1.165) is 17.8 Å². The van der Waals surface area contributed by atoms with E-state index in [9.17, 15) is 0 Å². The van der Waals surface area contributed by atoms with Crippen LogP contribution in [-0.4, -0.2) is 4.43 Å². The molecule has 3 atom stereocenters. The lowest BCUT2D eigenvalue weighted by Gasteiger charge is -2.17. The molecular weight excluding hydrogens is 295 g/mol. The number of hydrogen-bond donors (Lipinski definition) is 0. The van der Waals surface area contributed by atoms with Gasteiger partial charge >= 0.3 is 0 Å². The third-order valence-corrected chi connectivity index (χ3v) is 4.89. The number of rotatable bonds is 7. The molecule has 0 N–H and O–H groups in total. The maximum Gasteiger partial charge on any atom is -0.000473 e. The lowest BCUT2D eigenvalue weighted by Crippen LogP contribution is -2.06. The molecule has 0 aromatic heterocycles. The van der Waals surface area contributed by atoms with Crippen molar-refractivity contribution in [3.63, 3.8) is 0 Å². The van der Waals surface area contributed by atoms with Gasteiger partial charge in [-0.1, -0.05) is 60.4 Å². The second kappa shape index (κ2) is 6.27. The molecule has 0 radical (unpaired) electrons. The van der Waals surface area contributed by atoms with Crippen molar-refractivity contribution in [2.75, 3.05) is 4.43 Å². The summed E-state index contributed by atoms with van der Waals surface area (Å²) in [6, 6.07) is 0. The molecule has 2 rings (SSSR count). The predicted molar refractivity (Wildman–Crippen MR) is 75.4 cm³/mol. The molecule has 0 aromatic carbocycles. The van der Waals surface area contributed by atoms with E-state index < -0.39 is 0 Å². The maximum atomic E-state index is 2.49. The van der Waals surface area contributed by atoms with Gasteiger partial charge in [-0.15, -0.1) is 0 Å². The fourth-order valence-corrected chi connectivity index (χ4v) is 3.80. The fraction of sp³-hybridized carbons (Fsp3) is 0.857. The summed E-state index contributed by atoms with van der Waals surface area (Å²) in [6.45, 7) is 0. The second-order valence-corrected chi connectivity index (χ2v) is 6.36. The van der Waals surface area contributed by atoms with Crippen molar-refractivity contribution in [1.29, 1.82) is 0 Å². The van der Waals surface area contributed by atoms with Gasteiger partial charge in [-0.3, -0.25) is 0 Å². The largest absolute Gasteiger partial charge is 0.0864 e. The Morgan fingerprint density at radius 1 is 0.933 bits per heavy atom. The maximum absolute atomic E-state index is 2.49. The zero-order chi connectivity index (χ0) is 10.5. The summed E-state index contributed by atoms with van der Waals surface area (Å²) in [4.78, 5) is 0. The van der Waals surface area contributed by atoms with Crippen molar-refractivity contribution < 1.29 is 0 Å². The molecule has 1 fully saturated rings. The molecule has 0 heterocycles. The van der Waals surface area contributed by atoms with E-state index in [1.807, 2.05) is 0 Å². The SMILES string of the molecule is ICCCCCCCC1CC2C=CC1C2. The van der Waals surface area contributed by atoms with Crippen LogP contribution in [0.4, 0.5) is 0 Å². The van der Waals surface area contributed by atoms with E-state index in [0.29, 0.717) is 0 Å². The highest BCUT2D eigenvalue weighted by Gasteiger charge is 2.34. The molecule has 0 saturated heterocycles. The number of allylic oxidation sites excluding steroid dienone is 2. The Labute approximate surface area is 108 Å². The normalized spacial score (nSPS) is 32.7. The van der Waals surface area contributed by atoms with Crippen LogP contribution in [0.5, 0.6) is 0 Å². The van der Waals surface area contributed by atoms with E-state index in [2.05, 4.69) is 34.7 Å². The van der Waals surface area contributed by atoms with Crippen LogP contribution in [0.15, 0.2) is 12.2 Å². The predicted octanol–water partition coefficient (Wildman–Crippen LogP) is 4.97. The van der Waals surface area contributed by atoms with Gasteiger partial charge in [0.1, 0.15) is 0 Å². The van der Waals surface area contributed by atoms with Crippen molar-refractivity contribution >= 4 is 22.6 Å². The highest BCUT2D eigenvalue weighted by Crippen LogP contribution is 2.45. The first-order valence-electron chi connectivity index (χ1n) is 6.64. The summed E-state index contributed by atoms with van der Waals surface area (Å²) in [5.74, 6) is 3.01. The number of fused-ring (bicyclic) bond motifs is 2. The first-order valence-corrected chi connectivity index (χ1v) is 8.17. The third kappa shape index (κ3) is 3.47. The van der Waals surface area contributed by atoms with Gasteiger partial charge < -0.3 is 0 Å². The van der Waals surface area contributed by atoms with Gasteiger partial charge in [0.25, 0.3) is 0 Å². The topological polar surface area (TPSA) is 0 Å². The minimum Gasteiger partial charge on any atom is -0.0864 e. The van der Waals surface area contributed by atoms with E-state index >= 15 is 0 Å². The van der Waals surface area contributed by atoms with Gasteiger partial charge in [-0.2, -0.15) is 0 Å². The van der Waals surface area contributed by atoms with Crippen molar-refractivity contribution in [3.8, 4) is 0 Å². The fourth-order valence-electron chi connectivity index (χ4n) is 3.26.